The lowest BCUT2D eigenvalue weighted by molar-refractivity contribution is 0.419. The van der Waals surface area contributed by atoms with Crippen LogP contribution in [-0.4, -0.2) is 33.6 Å². The molecule has 0 saturated carbocycles. The number of hydrogen-bond donors (Lipinski definition) is 1. The number of halogens is 1. The highest BCUT2D eigenvalue weighted by atomic mass is 19.1. The zero-order chi connectivity index (χ0) is 19.5. The molecule has 7 heteroatoms. The number of fused-ring (bicyclic) bond motifs is 1. The predicted molar refractivity (Wildman–Crippen MR) is 107 cm³/mol. The summed E-state index contributed by atoms with van der Waals surface area (Å²) in [6.07, 6.45) is 4.77. The van der Waals surface area contributed by atoms with E-state index in [1.54, 1.807) is 43.8 Å². The number of hydrogen-bond acceptors (Lipinski definition) is 6. The number of nitrogens with one attached hydrogen (secondary N) is 1. The summed E-state index contributed by atoms with van der Waals surface area (Å²) in [5.41, 5.74) is 2.52. The lowest BCUT2D eigenvalue weighted by Gasteiger charge is -2.14. The molecule has 0 atom stereocenters. The molecule has 0 radical (unpaired) electrons. The number of anilines is 1. The molecule has 0 spiro atoms. The highest BCUT2D eigenvalue weighted by molar-refractivity contribution is 5.97. The van der Waals surface area contributed by atoms with Crippen LogP contribution in [0.15, 0.2) is 55.1 Å². The lowest BCUT2D eigenvalue weighted by atomic mass is 10.0. The number of aromatic nitrogens is 4. The molecule has 0 aliphatic heterocycles. The Labute approximate surface area is 161 Å². The van der Waals surface area contributed by atoms with Crippen LogP contribution in [0.5, 0.6) is 5.75 Å². The van der Waals surface area contributed by atoms with Crippen LogP contribution < -0.4 is 10.1 Å². The summed E-state index contributed by atoms with van der Waals surface area (Å²) in [7, 11) is 1.57. The quantitative estimate of drug-likeness (QED) is 0.560. The monoisotopic (exact) mass is 375 g/mol. The van der Waals surface area contributed by atoms with Gasteiger partial charge in [0, 0.05) is 29.9 Å². The second-order valence-corrected chi connectivity index (χ2v) is 6.11. The van der Waals surface area contributed by atoms with Crippen LogP contribution in [0, 0.1) is 5.82 Å². The Morgan fingerprint density at radius 2 is 1.82 bits per heavy atom. The third-order valence-corrected chi connectivity index (χ3v) is 4.33. The Balaban J connectivity index is 1.99. The molecule has 4 aromatic rings. The summed E-state index contributed by atoms with van der Waals surface area (Å²) < 4.78 is 19.9. The number of nitrogens with zero attached hydrogens (tertiary/aromatic N) is 4. The molecular formula is C21H18FN5O. The molecule has 0 amide bonds. The van der Waals surface area contributed by atoms with E-state index in [1.807, 2.05) is 13.0 Å². The van der Waals surface area contributed by atoms with Crippen LogP contribution in [0.1, 0.15) is 6.92 Å². The van der Waals surface area contributed by atoms with Crippen molar-refractivity contribution >= 4 is 16.7 Å². The summed E-state index contributed by atoms with van der Waals surface area (Å²) in [5.74, 6) is 1.37. The van der Waals surface area contributed by atoms with Crippen molar-refractivity contribution in [2.75, 3.05) is 19.0 Å². The van der Waals surface area contributed by atoms with Crippen molar-refractivity contribution in [3.8, 4) is 28.3 Å². The highest BCUT2D eigenvalue weighted by Crippen LogP contribution is 2.36. The van der Waals surface area contributed by atoms with Crippen LogP contribution in [0.2, 0.25) is 0 Å². The van der Waals surface area contributed by atoms with Gasteiger partial charge in [-0.15, -0.1) is 0 Å². The normalized spacial score (nSPS) is 10.8. The molecule has 28 heavy (non-hydrogen) atoms. The van der Waals surface area contributed by atoms with Crippen molar-refractivity contribution in [3.63, 3.8) is 0 Å². The first kappa shape index (κ1) is 17.8. The molecule has 0 saturated heterocycles. The molecule has 140 valence electrons. The molecule has 2 aromatic heterocycles. The van der Waals surface area contributed by atoms with Crippen molar-refractivity contribution < 1.29 is 9.13 Å². The molecule has 2 heterocycles. The number of ether oxygens (including phenoxy) is 1. The third kappa shape index (κ3) is 3.22. The van der Waals surface area contributed by atoms with Gasteiger partial charge in [0.05, 0.1) is 12.7 Å². The fraction of sp³-hybridized carbons (Fsp3) is 0.143. The van der Waals surface area contributed by atoms with Gasteiger partial charge in [-0.2, -0.15) is 0 Å². The Morgan fingerprint density at radius 1 is 1.04 bits per heavy atom. The van der Waals surface area contributed by atoms with Crippen LogP contribution in [0.25, 0.3) is 33.4 Å². The topological polar surface area (TPSA) is 72.8 Å². The molecule has 1 N–H and O–H groups in total. The summed E-state index contributed by atoms with van der Waals surface area (Å²) in [6.45, 7) is 2.65. The molecule has 0 bridgehead atoms. The van der Waals surface area contributed by atoms with E-state index in [0.29, 0.717) is 46.1 Å². The Kier molecular flexibility index (Phi) is 4.80. The predicted octanol–water partition coefficient (Wildman–Crippen LogP) is 4.33. The summed E-state index contributed by atoms with van der Waals surface area (Å²) in [4.78, 5) is 17.4. The van der Waals surface area contributed by atoms with Gasteiger partial charge in [-0.3, -0.25) is 0 Å². The molecule has 0 unspecified atom stereocenters. The van der Waals surface area contributed by atoms with Crippen molar-refractivity contribution in [2.45, 2.75) is 6.92 Å². The summed E-state index contributed by atoms with van der Waals surface area (Å²) in [5, 5.41) is 4.01. The zero-order valence-electron chi connectivity index (χ0n) is 15.5. The third-order valence-electron chi connectivity index (χ3n) is 4.33. The van der Waals surface area contributed by atoms with Gasteiger partial charge in [0.25, 0.3) is 0 Å². The van der Waals surface area contributed by atoms with Crippen molar-refractivity contribution in [2.24, 2.45) is 0 Å². The highest BCUT2D eigenvalue weighted by Gasteiger charge is 2.16. The van der Waals surface area contributed by atoms with Gasteiger partial charge in [-0.1, -0.05) is 18.2 Å². The van der Waals surface area contributed by atoms with Gasteiger partial charge < -0.3 is 10.1 Å². The van der Waals surface area contributed by atoms with E-state index in [9.17, 15) is 4.39 Å². The van der Waals surface area contributed by atoms with E-state index < -0.39 is 0 Å². The Hall–Kier alpha value is -3.61. The summed E-state index contributed by atoms with van der Waals surface area (Å²) >= 11 is 0. The molecule has 0 fully saturated rings. The van der Waals surface area contributed by atoms with Crippen LogP contribution in [0.3, 0.4) is 0 Å². The second-order valence-electron chi connectivity index (χ2n) is 6.11. The van der Waals surface area contributed by atoms with Crippen LogP contribution in [-0.2, 0) is 0 Å². The standard InChI is InChI=1S/C21H18FN5O/c1-3-25-21-16-8-13(15-6-4-5-7-17(15)22)9-18(28-2)19(16)26-20(27-21)14-10-23-12-24-11-14/h4-12H,3H2,1-2H3,(H,25,26,27). The minimum atomic E-state index is -0.298. The fourth-order valence-electron chi connectivity index (χ4n) is 3.05. The van der Waals surface area contributed by atoms with E-state index in [0.717, 1.165) is 5.39 Å². The maximum absolute atomic E-state index is 14.3. The first-order valence-corrected chi connectivity index (χ1v) is 8.85. The molecule has 6 nitrogen and oxygen atoms in total. The maximum Gasteiger partial charge on any atom is 0.165 e. The first-order valence-electron chi connectivity index (χ1n) is 8.85. The fourth-order valence-corrected chi connectivity index (χ4v) is 3.05. The van der Waals surface area contributed by atoms with E-state index in [2.05, 4.69) is 25.3 Å². The maximum atomic E-state index is 14.3. The molecule has 0 aliphatic rings. The number of methoxy groups -OCH3 is 1. The van der Waals surface area contributed by atoms with E-state index in [-0.39, 0.29) is 5.82 Å². The average molecular weight is 375 g/mol. The molecular weight excluding hydrogens is 357 g/mol. The van der Waals surface area contributed by atoms with Crippen LogP contribution in [0.4, 0.5) is 10.2 Å². The lowest BCUT2D eigenvalue weighted by Crippen LogP contribution is -2.04. The Bertz CT molecular complexity index is 1130. The minimum Gasteiger partial charge on any atom is -0.494 e. The SMILES string of the molecule is CCNc1nc(-c2cncnc2)nc2c(OC)cc(-c3ccccc3F)cc12. The zero-order valence-corrected chi connectivity index (χ0v) is 15.5. The van der Waals surface area contributed by atoms with Gasteiger partial charge in [0.1, 0.15) is 29.2 Å². The largest absolute Gasteiger partial charge is 0.494 e. The molecule has 0 aliphatic carbocycles. The van der Waals surface area contributed by atoms with Crippen molar-refractivity contribution in [1.82, 2.24) is 19.9 Å². The van der Waals surface area contributed by atoms with Crippen molar-refractivity contribution in [3.05, 3.63) is 60.9 Å². The van der Waals surface area contributed by atoms with Gasteiger partial charge >= 0.3 is 0 Å². The minimum absolute atomic E-state index is 0.298. The summed E-state index contributed by atoms with van der Waals surface area (Å²) in [6, 6.07) is 10.3. The van der Waals surface area contributed by atoms with Crippen LogP contribution >= 0.6 is 0 Å². The second kappa shape index (κ2) is 7.56. The van der Waals surface area contributed by atoms with E-state index in [1.165, 1.54) is 12.4 Å². The van der Waals surface area contributed by atoms with Gasteiger partial charge in [0.15, 0.2) is 5.82 Å². The number of rotatable bonds is 5. The first-order chi connectivity index (χ1) is 13.7. The Morgan fingerprint density at radius 3 is 2.54 bits per heavy atom. The van der Waals surface area contributed by atoms with Crippen molar-refractivity contribution in [1.29, 1.82) is 0 Å². The molecule has 4 rings (SSSR count). The van der Waals surface area contributed by atoms with Gasteiger partial charge in [0.2, 0.25) is 0 Å². The van der Waals surface area contributed by atoms with Gasteiger partial charge in [-0.05, 0) is 30.7 Å². The number of benzene rings is 2. The molecule has 2 aromatic carbocycles. The van der Waals surface area contributed by atoms with E-state index >= 15 is 0 Å². The van der Waals surface area contributed by atoms with Gasteiger partial charge in [-0.25, -0.2) is 24.3 Å². The van der Waals surface area contributed by atoms with E-state index in [4.69, 9.17) is 4.74 Å². The average Bonchev–Trinajstić information content (AvgIpc) is 2.74. The smallest absolute Gasteiger partial charge is 0.165 e.